The summed E-state index contributed by atoms with van der Waals surface area (Å²) in [5.41, 5.74) is 5.98. The zero-order chi connectivity index (χ0) is 17.4. The Morgan fingerprint density at radius 1 is 0.958 bits per heavy atom. The average Bonchev–Trinajstić information content (AvgIpc) is 2.89. The minimum Gasteiger partial charge on any atom is -0.342 e. The van der Waals surface area contributed by atoms with Gasteiger partial charge in [0, 0.05) is 39.3 Å². The number of nitrogens with two attached hydrogens (primary N) is 1. The zero-order valence-electron chi connectivity index (χ0n) is 14.9. The monoisotopic (exact) mass is 356 g/mol. The molecule has 2 fully saturated rings. The van der Waals surface area contributed by atoms with Gasteiger partial charge in [0.15, 0.2) is 0 Å². The number of hydrogen-bond donors (Lipinski definition) is 1. The summed E-state index contributed by atoms with van der Waals surface area (Å²) in [4.78, 5) is 30.8. The van der Waals surface area contributed by atoms with E-state index in [1.54, 1.807) is 11.8 Å². The fourth-order valence-electron chi connectivity index (χ4n) is 3.34. The zero-order valence-corrected chi connectivity index (χ0v) is 15.7. The molecule has 1 atom stereocenters. The normalized spacial score (nSPS) is 21.4. The van der Waals surface area contributed by atoms with Crippen molar-refractivity contribution in [3.8, 4) is 0 Å². The van der Waals surface area contributed by atoms with Crippen molar-refractivity contribution in [2.24, 2.45) is 5.73 Å². The minimum atomic E-state index is -0.386. The molecule has 0 aromatic carbocycles. The molecule has 2 amide bonds. The van der Waals surface area contributed by atoms with Crippen LogP contribution in [0, 0.1) is 0 Å². The molecular weight excluding hydrogens is 324 g/mol. The third-order valence-corrected chi connectivity index (χ3v) is 5.60. The maximum atomic E-state index is 12.4. The molecule has 2 aliphatic heterocycles. The van der Waals surface area contributed by atoms with E-state index >= 15 is 0 Å². The van der Waals surface area contributed by atoms with E-state index in [4.69, 9.17) is 5.73 Å². The predicted molar refractivity (Wildman–Crippen MR) is 99.0 cm³/mol. The van der Waals surface area contributed by atoms with Crippen molar-refractivity contribution in [1.82, 2.24) is 14.7 Å². The van der Waals surface area contributed by atoms with Crippen LogP contribution >= 0.6 is 11.8 Å². The molecular formula is C17H32N4O2S. The average molecular weight is 357 g/mol. The first-order chi connectivity index (χ1) is 11.6. The van der Waals surface area contributed by atoms with Crippen molar-refractivity contribution in [2.75, 3.05) is 57.8 Å². The van der Waals surface area contributed by atoms with Gasteiger partial charge in [0.2, 0.25) is 11.8 Å². The highest BCUT2D eigenvalue weighted by Gasteiger charge is 2.26. The van der Waals surface area contributed by atoms with E-state index in [1.807, 2.05) is 16.1 Å². The van der Waals surface area contributed by atoms with E-state index in [2.05, 4.69) is 4.90 Å². The fraction of sp³-hybridized carbons (Fsp3) is 0.882. The molecule has 2 N–H and O–H groups in total. The van der Waals surface area contributed by atoms with Gasteiger partial charge in [0.1, 0.15) is 0 Å². The number of carbonyl (C=O) groups excluding carboxylic acids is 2. The molecule has 0 bridgehead atoms. The minimum absolute atomic E-state index is 0.0579. The number of carbonyl (C=O) groups is 2. The van der Waals surface area contributed by atoms with E-state index in [0.29, 0.717) is 19.6 Å². The number of likely N-dealkylation sites (tertiary alicyclic amines) is 1. The third-order valence-electron chi connectivity index (χ3n) is 4.95. The third kappa shape index (κ3) is 5.93. The van der Waals surface area contributed by atoms with Crippen LogP contribution in [-0.2, 0) is 9.59 Å². The van der Waals surface area contributed by atoms with Crippen LogP contribution in [0.1, 0.15) is 32.1 Å². The lowest BCUT2D eigenvalue weighted by atomic mass is 10.2. The summed E-state index contributed by atoms with van der Waals surface area (Å²) in [5, 5.41) is 0. The van der Waals surface area contributed by atoms with Crippen LogP contribution in [0.3, 0.4) is 0 Å². The molecule has 0 aromatic heterocycles. The van der Waals surface area contributed by atoms with Crippen LogP contribution in [0.15, 0.2) is 0 Å². The lowest BCUT2D eigenvalue weighted by Crippen LogP contribution is -2.54. The van der Waals surface area contributed by atoms with E-state index in [9.17, 15) is 9.59 Å². The van der Waals surface area contributed by atoms with E-state index in [-0.39, 0.29) is 17.9 Å². The first-order valence-electron chi connectivity index (χ1n) is 9.15. The van der Waals surface area contributed by atoms with Gasteiger partial charge in [-0.15, -0.1) is 0 Å². The highest BCUT2D eigenvalue weighted by molar-refractivity contribution is 7.98. The first-order valence-corrected chi connectivity index (χ1v) is 10.5. The van der Waals surface area contributed by atoms with E-state index in [1.165, 1.54) is 12.8 Å². The summed E-state index contributed by atoms with van der Waals surface area (Å²) in [7, 11) is 0. The van der Waals surface area contributed by atoms with Crippen LogP contribution in [0.5, 0.6) is 0 Å². The van der Waals surface area contributed by atoms with Gasteiger partial charge in [-0.1, -0.05) is 12.8 Å². The van der Waals surface area contributed by atoms with Gasteiger partial charge in [-0.05, 0) is 31.3 Å². The van der Waals surface area contributed by atoms with Gasteiger partial charge in [-0.2, -0.15) is 11.8 Å². The summed E-state index contributed by atoms with van der Waals surface area (Å²) in [5.74, 6) is 1.22. The van der Waals surface area contributed by atoms with Crippen LogP contribution in [0.2, 0.25) is 0 Å². The lowest BCUT2D eigenvalue weighted by molar-refractivity contribution is -0.136. The SMILES string of the molecule is CSCCC(N)C(=O)N1CCN(CC(=O)N2CCCCCC2)CC1. The van der Waals surface area contributed by atoms with E-state index in [0.717, 1.165) is 51.2 Å². The summed E-state index contributed by atoms with van der Waals surface area (Å²) in [6.45, 7) is 5.18. The molecule has 138 valence electrons. The molecule has 6 nitrogen and oxygen atoms in total. The first kappa shape index (κ1) is 19.5. The van der Waals surface area contributed by atoms with Gasteiger partial charge in [-0.25, -0.2) is 0 Å². The summed E-state index contributed by atoms with van der Waals surface area (Å²) in [6, 6.07) is -0.386. The van der Waals surface area contributed by atoms with Crippen LogP contribution in [0.4, 0.5) is 0 Å². The van der Waals surface area contributed by atoms with Crippen molar-refractivity contribution >= 4 is 23.6 Å². The largest absolute Gasteiger partial charge is 0.342 e. The molecule has 2 heterocycles. The summed E-state index contributed by atoms with van der Waals surface area (Å²) < 4.78 is 0. The van der Waals surface area contributed by atoms with E-state index < -0.39 is 0 Å². The molecule has 0 spiro atoms. The second-order valence-electron chi connectivity index (χ2n) is 6.78. The molecule has 7 heteroatoms. The topological polar surface area (TPSA) is 69.9 Å². The van der Waals surface area contributed by atoms with Crippen molar-refractivity contribution in [3.63, 3.8) is 0 Å². The molecule has 2 saturated heterocycles. The van der Waals surface area contributed by atoms with Gasteiger partial charge in [-0.3, -0.25) is 14.5 Å². The number of nitrogens with zero attached hydrogens (tertiary/aromatic N) is 3. The Hall–Kier alpha value is -0.790. The number of rotatable bonds is 6. The smallest absolute Gasteiger partial charge is 0.239 e. The molecule has 0 aromatic rings. The van der Waals surface area contributed by atoms with Gasteiger partial charge >= 0.3 is 0 Å². The standard InChI is InChI=1S/C17H32N4O2S/c1-24-13-6-15(18)17(23)21-11-9-19(10-12-21)14-16(22)20-7-4-2-3-5-8-20/h15H,2-14,18H2,1H3. The molecule has 2 aliphatic rings. The maximum Gasteiger partial charge on any atom is 0.239 e. The number of piperazine rings is 1. The Labute approximate surface area is 150 Å². The highest BCUT2D eigenvalue weighted by Crippen LogP contribution is 2.11. The molecule has 24 heavy (non-hydrogen) atoms. The number of thioether (sulfide) groups is 1. The predicted octanol–water partition coefficient (Wildman–Crippen LogP) is 0.614. The summed E-state index contributed by atoms with van der Waals surface area (Å²) >= 11 is 1.72. The van der Waals surface area contributed by atoms with Crippen molar-refractivity contribution in [1.29, 1.82) is 0 Å². The molecule has 0 aliphatic carbocycles. The van der Waals surface area contributed by atoms with Gasteiger partial charge in [0.25, 0.3) is 0 Å². The van der Waals surface area contributed by atoms with Crippen molar-refractivity contribution in [3.05, 3.63) is 0 Å². The van der Waals surface area contributed by atoms with Gasteiger partial charge in [0.05, 0.1) is 12.6 Å². The fourth-order valence-corrected chi connectivity index (χ4v) is 3.83. The van der Waals surface area contributed by atoms with Crippen LogP contribution in [0.25, 0.3) is 0 Å². The Morgan fingerprint density at radius 3 is 2.17 bits per heavy atom. The highest BCUT2D eigenvalue weighted by atomic mass is 32.2. The van der Waals surface area contributed by atoms with Crippen molar-refractivity contribution in [2.45, 2.75) is 38.1 Å². The van der Waals surface area contributed by atoms with Crippen molar-refractivity contribution < 1.29 is 9.59 Å². The lowest BCUT2D eigenvalue weighted by Gasteiger charge is -2.36. The quantitative estimate of drug-likeness (QED) is 0.755. The van der Waals surface area contributed by atoms with Crippen LogP contribution < -0.4 is 5.73 Å². The molecule has 1 unspecified atom stereocenters. The Kier molecular flexibility index (Phi) is 8.35. The second-order valence-corrected chi connectivity index (χ2v) is 7.77. The Balaban J connectivity index is 1.72. The second kappa shape index (κ2) is 10.3. The molecule has 2 rings (SSSR count). The van der Waals surface area contributed by atoms with Gasteiger partial charge < -0.3 is 15.5 Å². The van der Waals surface area contributed by atoms with Crippen LogP contribution in [-0.4, -0.2) is 90.4 Å². The number of amides is 2. The Bertz CT molecular complexity index is 405. The Morgan fingerprint density at radius 2 is 1.58 bits per heavy atom. The molecule has 0 saturated carbocycles. The number of hydrogen-bond acceptors (Lipinski definition) is 5. The molecule has 0 radical (unpaired) electrons. The maximum absolute atomic E-state index is 12.4. The summed E-state index contributed by atoms with van der Waals surface area (Å²) in [6.07, 6.45) is 7.48.